The number of carbonyl (C=O) groups is 1. The molecular formula is C27H31Cl2N5O2. The average molecular weight is 528 g/mol. The van der Waals surface area contributed by atoms with Crippen LogP contribution < -0.4 is 4.90 Å². The highest BCUT2D eigenvalue weighted by Gasteiger charge is 2.44. The van der Waals surface area contributed by atoms with Crippen molar-refractivity contribution in [1.82, 2.24) is 14.9 Å². The lowest BCUT2D eigenvalue weighted by Gasteiger charge is -2.43. The highest BCUT2D eigenvalue weighted by Crippen LogP contribution is 2.50. The monoisotopic (exact) mass is 527 g/mol. The van der Waals surface area contributed by atoms with Crippen LogP contribution in [0.3, 0.4) is 0 Å². The van der Waals surface area contributed by atoms with Crippen molar-refractivity contribution >= 4 is 35.1 Å². The van der Waals surface area contributed by atoms with Crippen molar-refractivity contribution in [3.63, 3.8) is 0 Å². The number of rotatable bonds is 2. The van der Waals surface area contributed by atoms with Crippen LogP contribution in [0.15, 0.2) is 18.2 Å². The molecule has 7 nitrogen and oxygen atoms in total. The summed E-state index contributed by atoms with van der Waals surface area (Å²) in [6, 6.07) is 8.17. The Kier molecular flexibility index (Phi) is 6.55. The van der Waals surface area contributed by atoms with Gasteiger partial charge in [0, 0.05) is 35.6 Å². The third-order valence-electron chi connectivity index (χ3n) is 7.68. The van der Waals surface area contributed by atoms with Crippen molar-refractivity contribution in [1.29, 1.82) is 5.26 Å². The van der Waals surface area contributed by atoms with E-state index >= 15 is 0 Å². The molecule has 3 aliphatic rings. The summed E-state index contributed by atoms with van der Waals surface area (Å²) in [5.74, 6) is 0.830. The molecule has 1 fully saturated rings. The van der Waals surface area contributed by atoms with Gasteiger partial charge in [0.25, 0.3) is 0 Å². The molecule has 5 rings (SSSR count). The number of benzene rings is 1. The first-order valence-electron chi connectivity index (χ1n) is 12.5. The van der Waals surface area contributed by atoms with E-state index in [1.165, 1.54) is 11.1 Å². The molecule has 36 heavy (non-hydrogen) atoms. The Balaban J connectivity index is 1.42. The number of nitriles is 1. The number of amides is 1. The molecule has 2 atom stereocenters. The van der Waals surface area contributed by atoms with E-state index in [1.54, 1.807) is 4.90 Å². The zero-order chi connectivity index (χ0) is 25.7. The number of fused-ring (bicyclic) bond motifs is 3. The van der Waals surface area contributed by atoms with Gasteiger partial charge >= 0.3 is 6.09 Å². The number of piperazine rings is 1. The van der Waals surface area contributed by atoms with Crippen molar-refractivity contribution in [2.75, 3.05) is 24.5 Å². The zero-order valence-corrected chi connectivity index (χ0v) is 22.5. The number of hydrogen-bond acceptors (Lipinski definition) is 6. The minimum absolute atomic E-state index is 0.0287. The van der Waals surface area contributed by atoms with Gasteiger partial charge < -0.3 is 14.5 Å². The molecule has 2 heterocycles. The topological polar surface area (TPSA) is 82.3 Å². The fourth-order valence-electron chi connectivity index (χ4n) is 6.07. The predicted octanol–water partition coefficient (Wildman–Crippen LogP) is 5.50. The third-order valence-corrected chi connectivity index (χ3v) is 8.21. The molecule has 1 spiro atoms. The maximum Gasteiger partial charge on any atom is 0.410 e. The Hall–Kier alpha value is -2.56. The lowest BCUT2D eigenvalue weighted by Crippen LogP contribution is -2.56. The SMILES string of the molecule is CC(C)(C)OC(=O)N1CCN(c2nc(Cl)nc3c2CCC2(CCc4c(Cl)cccc42)C3)CC1CC#N. The van der Waals surface area contributed by atoms with E-state index in [9.17, 15) is 10.1 Å². The molecule has 2 aromatic rings. The van der Waals surface area contributed by atoms with Gasteiger partial charge in [-0.2, -0.15) is 5.26 Å². The van der Waals surface area contributed by atoms with Crippen LogP contribution >= 0.6 is 23.2 Å². The number of aromatic nitrogens is 2. The second kappa shape index (κ2) is 9.39. The molecule has 1 saturated heterocycles. The van der Waals surface area contributed by atoms with Gasteiger partial charge in [-0.25, -0.2) is 14.8 Å². The first-order valence-corrected chi connectivity index (χ1v) is 13.3. The highest BCUT2D eigenvalue weighted by atomic mass is 35.5. The molecule has 1 aliphatic heterocycles. The Morgan fingerprint density at radius 3 is 2.67 bits per heavy atom. The molecule has 190 valence electrons. The van der Waals surface area contributed by atoms with Crippen LogP contribution in [0.2, 0.25) is 10.3 Å². The van der Waals surface area contributed by atoms with Gasteiger partial charge in [0.05, 0.1) is 24.2 Å². The van der Waals surface area contributed by atoms with E-state index in [-0.39, 0.29) is 29.3 Å². The second-order valence-electron chi connectivity index (χ2n) is 11.1. The van der Waals surface area contributed by atoms with Gasteiger partial charge in [-0.3, -0.25) is 0 Å². The van der Waals surface area contributed by atoms with E-state index in [4.69, 9.17) is 27.9 Å². The fraction of sp³-hybridized carbons (Fsp3) is 0.556. The summed E-state index contributed by atoms with van der Waals surface area (Å²) in [7, 11) is 0. The average Bonchev–Trinajstić information content (AvgIpc) is 3.16. The van der Waals surface area contributed by atoms with Crippen molar-refractivity contribution < 1.29 is 9.53 Å². The van der Waals surface area contributed by atoms with Gasteiger partial charge in [-0.05, 0) is 81.7 Å². The summed E-state index contributed by atoms with van der Waals surface area (Å²) >= 11 is 13.0. The number of carbonyl (C=O) groups excluding carboxylic acids is 1. The number of halogens is 2. The Bertz CT molecular complexity index is 1240. The van der Waals surface area contributed by atoms with Crippen molar-refractivity contribution in [2.45, 2.75) is 76.4 Å². The van der Waals surface area contributed by atoms with Crippen LogP contribution in [0.4, 0.5) is 10.6 Å². The van der Waals surface area contributed by atoms with Gasteiger partial charge in [0.1, 0.15) is 11.4 Å². The lowest BCUT2D eigenvalue weighted by molar-refractivity contribution is 0.0144. The van der Waals surface area contributed by atoms with Crippen LogP contribution in [0.25, 0.3) is 0 Å². The van der Waals surface area contributed by atoms with Gasteiger partial charge in [-0.15, -0.1) is 0 Å². The summed E-state index contributed by atoms with van der Waals surface area (Å²) in [5, 5.41) is 10.5. The summed E-state index contributed by atoms with van der Waals surface area (Å²) in [6.07, 6.45) is 4.54. The number of nitrogens with zero attached hydrogens (tertiary/aromatic N) is 5. The second-order valence-corrected chi connectivity index (χ2v) is 11.8. The zero-order valence-electron chi connectivity index (χ0n) is 21.0. The Morgan fingerprint density at radius 2 is 1.94 bits per heavy atom. The standard InChI is InChI=1S/C27H31Cl2N5O2/c1-26(2,3)36-25(35)34-14-13-33(16-17(34)9-12-30)23-19-8-11-27(15-22(19)31-24(29)32-23)10-7-18-20(27)5-4-6-21(18)28/h4-6,17H,7-11,13-16H2,1-3H3. The van der Waals surface area contributed by atoms with Crippen molar-refractivity contribution in [3.05, 3.63) is 50.9 Å². The van der Waals surface area contributed by atoms with Crippen LogP contribution in [-0.4, -0.2) is 52.2 Å². The van der Waals surface area contributed by atoms with Crippen LogP contribution in [0.5, 0.6) is 0 Å². The Labute approximate surface area is 222 Å². The van der Waals surface area contributed by atoms with Crippen LogP contribution in [0, 0.1) is 11.3 Å². The van der Waals surface area contributed by atoms with Crippen LogP contribution in [-0.2, 0) is 29.4 Å². The molecule has 0 N–H and O–H groups in total. The molecule has 2 aliphatic carbocycles. The molecule has 9 heteroatoms. The summed E-state index contributed by atoms with van der Waals surface area (Å²) in [5.41, 5.74) is 4.17. The molecule has 1 aromatic heterocycles. The van der Waals surface area contributed by atoms with Gasteiger partial charge in [-0.1, -0.05) is 23.7 Å². The predicted molar refractivity (Wildman–Crippen MR) is 140 cm³/mol. The first-order chi connectivity index (χ1) is 17.1. The fourth-order valence-corrected chi connectivity index (χ4v) is 6.52. The molecule has 2 unspecified atom stereocenters. The van der Waals surface area contributed by atoms with Crippen LogP contribution in [0.1, 0.15) is 62.4 Å². The normalized spacial score (nSPS) is 23.3. The maximum atomic E-state index is 12.8. The van der Waals surface area contributed by atoms with Crippen molar-refractivity contribution in [2.24, 2.45) is 0 Å². The van der Waals surface area contributed by atoms with E-state index in [0.717, 1.165) is 54.2 Å². The summed E-state index contributed by atoms with van der Waals surface area (Å²) in [4.78, 5) is 26.0. The highest BCUT2D eigenvalue weighted by molar-refractivity contribution is 6.31. The molecular weight excluding hydrogens is 497 g/mol. The maximum absolute atomic E-state index is 12.8. The molecule has 0 bridgehead atoms. The summed E-state index contributed by atoms with van der Waals surface area (Å²) < 4.78 is 5.60. The minimum atomic E-state index is -0.594. The first kappa shape index (κ1) is 25.1. The van der Waals surface area contributed by atoms with Crippen molar-refractivity contribution in [3.8, 4) is 6.07 Å². The number of anilines is 1. The number of ether oxygens (including phenoxy) is 1. The lowest BCUT2D eigenvalue weighted by atomic mass is 9.69. The van der Waals surface area contributed by atoms with E-state index in [1.807, 2.05) is 32.9 Å². The quantitative estimate of drug-likeness (QED) is 0.479. The van der Waals surface area contributed by atoms with Gasteiger partial charge in [0.2, 0.25) is 5.28 Å². The smallest absolute Gasteiger partial charge is 0.410 e. The van der Waals surface area contributed by atoms with E-state index in [2.05, 4.69) is 27.0 Å². The molecule has 1 amide bonds. The Morgan fingerprint density at radius 1 is 1.19 bits per heavy atom. The van der Waals surface area contributed by atoms with Gasteiger partial charge in [0.15, 0.2) is 0 Å². The number of hydrogen-bond donors (Lipinski definition) is 0. The third kappa shape index (κ3) is 4.62. The molecule has 1 aromatic carbocycles. The molecule has 0 radical (unpaired) electrons. The largest absolute Gasteiger partial charge is 0.444 e. The van der Waals surface area contributed by atoms with E-state index in [0.29, 0.717) is 19.6 Å². The minimum Gasteiger partial charge on any atom is -0.444 e. The summed E-state index contributed by atoms with van der Waals surface area (Å²) in [6.45, 7) is 7.07. The van der Waals surface area contributed by atoms with E-state index < -0.39 is 5.60 Å². The molecule has 0 saturated carbocycles.